The van der Waals surface area contributed by atoms with Crippen LogP contribution in [0.25, 0.3) is 0 Å². The number of amides is 2. The average molecular weight is 359 g/mol. The predicted molar refractivity (Wildman–Crippen MR) is 97.7 cm³/mol. The smallest absolute Gasteiger partial charge is 0.257 e. The number of furan rings is 1. The van der Waals surface area contributed by atoms with Gasteiger partial charge in [0.2, 0.25) is 5.91 Å². The van der Waals surface area contributed by atoms with E-state index >= 15 is 0 Å². The number of piperidine rings is 1. The second-order valence-corrected chi connectivity index (χ2v) is 7.91. The van der Waals surface area contributed by atoms with Crippen LogP contribution < -0.4 is 0 Å². The van der Waals surface area contributed by atoms with Crippen LogP contribution in [0.15, 0.2) is 23.0 Å². The maximum Gasteiger partial charge on any atom is 0.257 e. The highest BCUT2D eigenvalue weighted by molar-refractivity contribution is 5.94. The summed E-state index contributed by atoms with van der Waals surface area (Å²) in [6.45, 7) is 5.43. The maximum absolute atomic E-state index is 12.9. The fourth-order valence-corrected chi connectivity index (χ4v) is 4.22. The lowest BCUT2D eigenvalue weighted by Crippen LogP contribution is -2.47. The van der Waals surface area contributed by atoms with E-state index in [1.807, 2.05) is 4.90 Å². The van der Waals surface area contributed by atoms with Crippen LogP contribution in [0, 0.1) is 5.92 Å². The fourth-order valence-electron chi connectivity index (χ4n) is 4.22. The Morgan fingerprint density at radius 2 is 1.92 bits per heavy atom. The molecule has 2 aliphatic heterocycles. The zero-order chi connectivity index (χ0) is 17.9. The van der Waals surface area contributed by atoms with Gasteiger partial charge in [0, 0.05) is 32.1 Å². The summed E-state index contributed by atoms with van der Waals surface area (Å²) in [6, 6.07) is 1.86. The van der Waals surface area contributed by atoms with Crippen LogP contribution in [0.1, 0.15) is 48.9 Å². The summed E-state index contributed by atoms with van der Waals surface area (Å²) in [5.41, 5.74) is 0.596. The van der Waals surface area contributed by atoms with Crippen LogP contribution in [0.5, 0.6) is 0 Å². The third kappa shape index (κ3) is 3.95. The fraction of sp³-hybridized carbons (Fsp3) is 0.700. The van der Waals surface area contributed by atoms with Gasteiger partial charge in [-0.3, -0.25) is 9.59 Å². The summed E-state index contributed by atoms with van der Waals surface area (Å²) in [5, 5.41) is 0. The minimum atomic E-state index is 0.0103. The number of nitrogens with zero attached hydrogens (tertiary/aromatic N) is 3. The molecular formula is C20H29N3O3. The Balaban J connectivity index is 1.37. The van der Waals surface area contributed by atoms with Crippen molar-refractivity contribution in [2.45, 2.75) is 44.6 Å². The highest BCUT2D eigenvalue weighted by Gasteiger charge is 2.39. The van der Waals surface area contributed by atoms with Gasteiger partial charge in [0.1, 0.15) is 6.26 Å². The minimum Gasteiger partial charge on any atom is -0.472 e. The summed E-state index contributed by atoms with van der Waals surface area (Å²) in [7, 11) is 0. The quantitative estimate of drug-likeness (QED) is 0.781. The Hall–Kier alpha value is -1.82. The molecule has 2 saturated heterocycles. The van der Waals surface area contributed by atoms with Crippen LogP contribution >= 0.6 is 0 Å². The van der Waals surface area contributed by atoms with Crippen molar-refractivity contribution in [2.24, 2.45) is 5.92 Å². The van der Waals surface area contributed by atoms with E-state index in [0.717, 1.165) is 45.4 Å². The Kier molecular flexibility index (Phi) is 5.29. The molecule has 4 rings (SSSR count). The molecule has 1 aromatic rings. The van der Waals surface area contributed by atoms with Crippen molar-refractivity contribution >= 4 is 11.8 Å². The molecule has 2 amide bonds. The molecule has 142 valence electrons. The molecule has 3 heterocycles. The molecule has 0 spiro atoms. The van der Waals surface area contributed by atoms with Gasteiger partial charge in [-0.25, -0.2) is 0 Å². The molecule has 6 nitrogen and oxygen atoms in total. The Bertz CT molecular complexity index is 620. The predicted octanol–water partition coefficient (Wildman–Crippen LogP) is 2.22. The number of likely N-dealkylation sites (tertiary alicyclic amines) is 2. The molecule has 3 aliphatic rings. The van der Waals surface area contributed by atoms with Gasteiger partial charge in [-0.05, 0) is 51.3 Å². The highest BCUT2D eigenvalue weighted by Crippen LogP contribution is 2.33. The first-order valence-corrected chi connectivity index (χ1v) is 10.1. The van der Waals surface area contributed by atoms with E-state index in [1.54, 1.807) is 6.07 Å². The molecule has 6 heteroatoms. The van der Waals surface area contributed by atoms with Crippen LogP contribution in [-0.2, 0) is 4.79 Å². The Labute approximate surface area is 155 Å². The Morgan fingerprint density at radius 1 is 1.12 bits per heavy atom. The first-order valence-electron chi connectivity index (χ1n) is 10.1. The number of hydrogen-bond donors (Lipinski definition) is 0. The average Bonchev–Trinajstić information content (AvgIpc) is 3.17. The van der Waals surface area contributed by atoms with Gasteiger partial charge in [-0.1, -0.05) is 6.42 Å². The van der Waals surface area contributed by atoms with Crippen molar-refractivity contribution in [3.05, 3.63) is 24.2 Å². The van der Waals surface area contributed by atoms with Crippen LogP contribution in [0.3, 0.4) is 0 Å². The van der Waals surface area contributed by atoms with E-state index < -0.39 is 0 Å². The van der Waals surface area contributed by atoms with Crippen LogP contribution in [0.2, 0.25) is 0 Å². The molecular weight excluding hydrogens is 330 g/mol. The van der Waals surface area contributed by atoms with Crippen LogP contribution in [0.4, 0.5) is 0 Å². The van der Waals surface area contributed by atoms with Gasteiger partial charge in [0.05, 0.1) is 17.9 Å². The van der Waals surface area contributed by atoms with E-state index in [9.17, 15) is 9.59 Å². The number of rotatable bonds is 6. The first-order chi connectivity index (χ1) is 12.7. The van der Waals surface area contributed by atoms with Crippen molar-refractivity contribution in [3.8, 4) is 0 Å². The van der Waals surface area contributed by atoms with E-state index in [-0.39, 0.29) is 17.9 Å². The highest BCUT2D eigenvalue weighted by atomic mass is 16.3. The van der Waals surface area contributed by atoms with Crippen molar-refractivity contribution in [3.63, 3.8) is 0 Å². The Morgan fingerprint density at radius 3 is 2.62 bits per heavy atom. The van der Waals surface area contributed by atoms with E-state index in [4.69, 9.17) is 4.42 Å². The van der Waals surface area contributed by atoms with Gasteiger partial charge >= 0.3 is 0 Å². The summed E-state index contributed by atoms with van der Waals surface area (Å²) >= 11 is 0. The summed E-state index contributed by atoms with van der Waals surface area (Å²) < 4.78 is 5.04. The zero-order valence-corrected chi connectivity index (χ0v) is 15.4. The van der Waals surface area contributed by atoms with Gasteiger partial charge in [-0.15, -0.1) is 0 Å². The number of carbonyl (C=O) groups excluding carboxylic acids is 2. The monoisotopic (exact) mass is 359 g/mol. The van der Waals surface area contributed by atoms with Gasteiger partial charge in [0.15, 0.2) is 0 Å². The summed E-state index contributed by atoms with van der Waals surface area (Å²) in [4.78, 5) is 31.9. The molecule has 1 atom stereocenters. The molecule has 1 aliphatic carbocycles. The second kappa shape index (κ2) is 7.82. The standard InChI is InChI=1S/C20H29N3O3/c24-19(17-7-13-26-15-17)22-10-6-18(14-22)23(20(25)16-4-5-16)12-11-21-8-2-1-3-9-21/h7,13,15-16,18H,1-6,8-12,14H2. The third-order valence-corrected chi connectivity index (χ3v) is 5.97. The minimum absolute atomic E-state index is 0.0103. The van der Waals surface area contributed by atoms with Crippen molar-refractivity contribution in [1.82, 2.24) is 14.7 Å². The van der Waals surface area contributed by atoms with Crippen molar-refractivity contribution in [2.75, 3.05) is 39.3 Å². The number of carbonyl (C=O) groups is 2. The van der Waals surface area contributed by atoms with Gasteiger partial charge < -0.3 is 19.1 Å². The van der Waals surface area contributed by atoms with Gasteiger partial charge in [0.25, 0.3) is 5.91 Å². The number of hydrogen-bond acceptors (Lipinski definition) is 4. The van der Waals surface area contributed by atoms with Crippen molar-refractivity contribution in [1.29, 1.82) is 0 Å². The molecule has 3 fully saturated rings. The first kappa shape index (κ1) is 17.6. The lowest BCUT2D eigenvalue weighted by atomic mass is 10.1. The van der Waals surface area contributed by atoms with Crippen molar-refractivity contribution < 1.29 is 14.0 Å². The van der Waals surface area contributed by atoms with Gasteiger partial charge in [-0.2, -0.15) is 0 Å². The normalized spacial score (nSPS) is 24.0. The molecule has 26 heavy (non-hydrogen) atoms. The largest absolute Gasteiger partial charge is 0.472 e. The SMILES string of the molecule is O=C(c1ccoc1)N1CCC(N(CCN2CCCCC2)C(=O)C2CC2)C1. The molecule has 0 bridgehead atoms. The molecule has 0 N–H and O–H groups in total. The zero-order valence-electron chi connectivity index (χ0n) is 15.4. The molecule has 1 saturated carbocycles. The van der Waals surface area contributed by atoms with E-state index in [2.05, 4.69) is 9.80 Å². The van der Waals surface area contributed by atoms with E-state index in [0.29, 0.717) is 24.6 Å². The second-order valence-electron chi connectivity index (χ2n) is 7.91. The summed E-state index contributed by atoms with van der Waals surface area (Å²) in [5.74, 6) is 0.552. The summed E-state index contributed by atoms with van der Waals surface area (Å²) in [6.07, 6.45) is 9.84. The van der Waals surface area contributed by atoms with E-state index in [1.165, 1.54) is 31.8 Å². The molecule has 1 unspecified atom stereocenters. The molecule has 0 radical (unpaired) electrons. The third-order valence-electron chi connectivity index (χ3n) is 5.97. The maximum atomic E-state index is 12.9. The lowest BCUT2D eigenvalue weighted by Gasteiger charge is -2.33. The lowest BCUT2D eigenvalue weighted by molar-refractivity contribution is -0.135. The molecule has 1 aromatic heterocycles. The van der Waals surface area contributed by atoms with Crippen LogP contribution in [-0.4, -0.2) is 71.8 Å². The topological polar surface area (TPSA) is 57.0 Å². The molecule has 0 aromatic carbocycles.